The fourth-order valence-electron chi connectivity index (χ4n) is 2.29. The van der Waals surface area contributed by atoms with Crippen LogP contribution >= 0.6 is 0 Å². The Balaban J connectivity index is 2.00. The molecule has 3 nitrogen and oxygen atoms in total. The van der Waals surface area contributed by atoms with Crippen molar-refractivity contribution in [2.75, 3.05) is 6.54 Å². The summed E-state index contributed by atoms with van der Waals surface area (Å²) in [4.78, 5) is 12.1. The van der Waals surface area contributed by atoms with Gasteiger partial charge >= 0.3 is 0 Å². The molecule has 1 aromatic rings. The SMILES string of the molecule is CC(C)(CN)C(=O)NC1CCc2ccccc2C1. The standard InChI is InChI=1S/C15H22N2O/c1-15(2,10-16)14(18)17-13-8-7-11-5-3-4-6-12(11)9-13/h3-6,13H,7-10,16H2,1-2H3,(H,17,18). The molecule has 1 aromatic carbocycles. The Bertz CT molecular complexity index is 440. The lowest BCUT2D eigenvalue weighted by atomic mass is 9.86. The summed E-state index contributed by atoms with van der Waals surface area (Å²) in [5, 5.41) is 3.13. The zero-order chi connectivity index (χ0) is 13.2. The molecule has 0 aliphatic heterocycles. The Morgan fingerprint density at radius 2 is 2.06 bits per heavy atom. The first-order valence-electron chi connectivity index (χ1n) is 6.61. The van der Waals surface area contributed by atoms with E-state index in [0.29, 0.717) is 6.54 Å². The van der Waals surface area contributed by atoms with Gasteiger partial charge in [0.15, 0.2) is 0 Å². The van der Waals surface area contributed by atoms with E-state index >= 15 is 0 Å². The largest absolute Gasteiger partial charge is 0.353 e. The summed E-state index contributed by atoms with van der Waals surface area (Å²) >= 11 is 0. The van der Waals surface area contributed by atoms with Crippen LogP contribution in [0.25, 0.3) is 0 Å². The molecule has 0 radical (unpaired) electrons. The van der Waals surface area contributed by atoms with Crippen LogP contribution in [0.5, 0.6) is 0 Å². The van der Waals surface area contributed by atoms with Crippen molar-refractivity contribution >= 4 is 5.91 Å². The highest BCUT2D eigenvalue weighted by atomic mass is 16.2. The molecule has 0 fully saturated rings. The van der Waals surface area contributed by atoms with Gasteiger partial charge in [0.1, 0.15) is 0 Å². The van der Waals surface area contributed by atoms with Crippen molar-refractivity contribution in [3.63, 3.8) is 0 Å². The van der Waals surface area contributed by atoms with Crippen molar-refractivity contribution in [2.24, 2.45) is 11.1 Å². The molecule has 3 N–H and O–H groups in total. The molecule has 0 saturated carbocycles. The fraction of sp³-hybridized carbons (Fsp3) is 0.533. The minimum atomic E-state index is -0.475. The van der Waals surface area contributed by atoms with Crippen LogP contribution in [0.3, 0.4) is 0 Å². The summed E-state index contributed by atoms with van der Waals surface area (Å²) in [5.41, 5.74) is 7.93. The van der Waals surface area contributed by atoms with Gasteiger partial charge in [-0.05, 0) is 44.2 Å². The zero-order valence-corrected chi connectivity index (χ0v) is 11.2. The van der Waals surface area contributed by atoms with Crippen LogP contribution in [-0.4, -0.2) is 18.5 Å². The molecule has 1 unspecified atom stereocenters. The molecule has 1 aliphatic rings. The molecule has 0 spiro atoms. The van der Waals surface area contributed by atoms with Crippen LogP contribution < -0.4 is 11.1 Å². The predicted molar refractivity (Wildman–Crippen MR) is 73.2 cm³/mol. The second-order valence-electron chi connectivity index (χ2n) is 5.77. The van der Waals surface area contributed by atoms with Crippen LogP contribution in [0.4, 0.5) is 0 Å². The number of hydrogen-bond acceptors (Lipinski definition) is 2. The van der Waals surface area contributed by atoms with Gasteiger partial charge in [-0.3, -0.25) is 4.79 Å². The van der Waals surface area contributed by atoms with Crippen molar-refractivity contribution in [3.8, 4) is 0 Å². The highest BCUT2D eigenvalue weighted by Crippen LogP contribution is 2.22. The average molecular weight is 246 g/mol. The number of carbonyl (C=O) groups excluding carboxylic acids is 1. The molecule has 1 atom stereocenters. The van der Waals surface area contributed by atoms with Crippen molar-refractivity contribution in [2.45, 2.75) is 39.2 Å². The molecule has 2 rings (SSSR count). The average Bonchev–Trinajstić information content (AvgIpc) is 2.38. The Labute approximate surface area is 109 Å². The number of nitrogens with one attached hydrogen (secondary N) is 1. The molecule has 18 heavy (non-hydrogen) atoms. The molecule has 0 saturated heterocycles. The number of fused-ring (bicyclic) bond motifs is 1. The van der Waals surface area contributed by atoms with Gasteiger partial charge in [-0.25, -0.2) is 0 Å². The number of hydrogen-bond donors (Lipinski definition) is 2. The quantitative estimate of drug-likeness (QED) is 0.852. The van der Waals surface area contributed by atoms with E-state index in [2.05, 4.69) is 29.6 Å². The molecule has 1 amide bonds. The van der Waals surface area contributed by atoms with E-state index in [0.717, 1.165) is 19.3 Å². The number of benzene rings is 1. The van der Waals surface area contributed by atoms with Crippen molar-refractivity contribution in [1.29, 1.82) is 0 Å². The van der Waals surface area contributed by atoms with Gasteiger partial charge in [0.2, 0.25) is 5.91 Å². The molecule has 0 aromatic heterocycles. The van der Waals surface area contributed by atoms with Gasteiger partial charge < -0.3 is 11.1 Å². The van der Waals surface area contributed by atoms with E-state index < -0.39 is 5.41 Å². The fourth-order valence-corrected chi connectivity index (χ4v) is 2.29. The topological polar surface area (TPSA) is 55.1 Å². The van der Waals surface area contributed by atoms with Crippen LogP contribution in [-0.2, 0) is 17.6 Å². The smallest absolute Gasteiger partial charge is 0.227 e. The van der Waals surface area contributed by atoms with Gasteiger partial charge in [0.25, 0.3) is 0 Å². The summed E-state index contributed by atoms with van der Waals surface area (Å²) in [6.07, 6.45) is 3.00. The Kier molecular flexibility index (Phi) is 3.71. The normalized spacial score (nSPS) is 19.2. The van der Waals surface area contributed by atoms with Crippen LogP contribution in [0.15, 0.2) is 24.3 Å². The van der Waals surface area contributed by atoms with E-state index in [1.807, 2.05) is 13.8 Å². The molecular weight excluding hydrogens is 224 g/mol. The van der Waals surface area contributed by atoms with E-state index in [1.165, 1.54) is 11.1 Å². The van der Waals surface area contributed by atoms with Crippen LogP contribution in [0, 0.1) is 5.41 Å². The van der Waals surface area contributed by atoms with Gasteiger partial charge in [-0.2, -0.15) is 0 Å². The minimum Gasteiger partial charge on any atom is -0.353 e. The van der Waals surface area contributed by atoms with Crippen LogP contribution in [0.1, 0.15) is 31.4 Å². The number of carbonyl (C=O) groups is 1. The number of aryl methyl sites for hydroxylation is 1. The monoisotopic (exact) mass is 246 g/mol. The maximum Gasteiger partial charge on any atom is 0.227 e. The molecule has 0 bridgehead atoms. The summed E-state index contributed by atoms with van der Waals surface area (Å²) in [5.74, 6) is 0.0642. The highest BCUT2D eigenvalue weighted by molar-refractivity contribution is 5.82. The maximum atomic E-state index is 12.1. The number of amides is 1. The highest BCUT2D eigenvalue weighted by Gasteiger charge is 2.28. The predicted octanol–water partition coefficient (Wildman–Crippen LogP) is 1.65. The molecule has 1 aliphatic carbocycles. The van der Waals surface area contributed by atoms with E-state index in [1.54, 1.807) is 0 Å². The second kappa shape index (κ2) is 5.11. The summed E-state index contributed by atoms with van der Waals surface area (Å²) in [7, 11) is 0. The Morgan fingerprint density at radius 3 is 2.72 bits per heavy atom. The lowest BCUT2D eigenvalue weighted by Crippen LogP contribution is -2.47. The summed E-state index contributed by atoms with van der Waals surface area (Å²) in [6.45, 7) is 4.15. The summed E-state index contributed by atoms with van der Waals surface area (Å²) in [6, 6.07) is 8.72. The van der Waals surface area contributed by atoms with E-state index in [-0.39, 0.29) is 11.9 Å². The first-order chi connectivity index (χ1) is 8.53. The first kappa shape index (κ1) is 13.1. The number of nitrogens with two attached hydrogens (primary N) is 1. The minimum absolute atomic E-state index is 0.0642. The zero-order valence-electron chi connectivity index (χ0n) is 11.2. The third-order valence-electron chi connectivity index (χ3n) is 3.81. The van der Waals surface area contributed by atoms with E-state index in [4.69, 9.17) is 5.73 Å². The van der Waals surface area contributed by atoms with Crippen molar-refractivity contribution < 1.29 is 4.79 Å². The molecule has 3 heteroatoms. The first-order valence-corrected chi connectivity index (χ1v) is 6.61. The maximum absolute atomic E-state index is 12.1. The van der Waals surface area contributed by atoms with Gasteiger partial charge in [-0.15, -0.1) is 0 Å². The Hall–Kier alpha value is -1.35. The molecular formula is C15H22N2O. The number of rotatable bonds is 3. The lowest BCUT2D eigenvalue weighted by molar-refractivity contribution is -0.129. The Morgan fingerprint density at radius 1 is 1.39 bits per heavy atom. The second-order valence-corrected chi connectivity index (χ2v) is 5.77. The molecule has 0 heterocycles. The van der Waals surface area contributed by atoms with Gasteiger partial charge in [-0.1, -0.05) is 24.3 Å². The third kappa shape index (κ3) is 2.72. The van der Waals surface area contributed by atoms with Crippen molar-refractivity contribution in [1.82, 2.24) is 5.32 Å². The van der Waals surface area contributed by atoms with Crippen LogP contribution in [0.2, 0.25) is 0 Å². The van der Waals surface area contributed by atoms with Crippen molar-refractivity contribution in [3.05, 3.63) is 35.4 Å². The lowest BCUT2D eigenvalue weighted by Gasteiger charge is -2.29. The van der Waals surface area contributed by atoms with E-state index in [9.17, 15) is 4.79 Å². The molecule has 98 valence electrons. The summed E-state index contributed by atoms with van der Waals surface area (Å²) < 4.78 is 0. The third-order valence-corrected chi connectivity index (χ3v) is 3.81. The van der Waals surface area contributed by atoms with Gasteiger partial charge in [0.05, 0.1) is 5.41 Å². The van der Waals surface area contributed by atoms with Gasteiger partial charge in [0, 0.05) is 12.6 Å².